The third kappa shape index (κ3) is 7.11. The number of aliphatic imine (C=N–C) groups is 1. The second-order valence-corrected chi connectivity index (χ2v) is 5.68. The van der Waals surface area contributed by atoms with Crippen LogP contribution in [0.15, 0.2) is 41.7 Å². The third-order valence-electron chi connectivity index (χ3n) is 3.48. The number of benzene rings is 1. The van der Waals surface area contributed by atoms with Gasteiger partial charge in [-0.2, -0.15) is 5.10 Å². The molecule has 1 heterocycles. The summed E-state index contributed by atoms with van der Waals surface area (Å²) in [4.78, 5) is 4.57. The van der Waals surface area contributed by atoms with E-state index in [1.54, 1.807) is 11.8 Å². The van der Waals surface area contributed by atoms with Crippen LogP contribution in [0.4, 0.5) is 0 Å². The Morgan fingerprint density at radius 1 is 1.27 bits per heavy atom. The highest BCUT2D eigenvalue weighted by Crippen LogP contribution is 2.26. The molecule has 7 nitrogen and oxygen atoms in total. The number of methoxy groups -OCH3 is 1. The van der Waals surface area contributed by atoms with Crippen molar-refractivity contribution in [1.29, 1.82) is 0 Å². The number of guanidine groups is 1. The quantitative estimate of drug-likeness (QED) is 0.351. The van der Waals surface area contributed by atoms with Crippen molar-refractivity contribution >= 4 is 29.9 Å². The molecule has 0 saturated carbocycles. The number of aromatic nitrogens is 2. The largest absolute Gasteiger partial charge is 0.493 e. The van der Waals surface area contributed by atoms with Crippen LogP contribution in [0.25, 0.3) is 0 Å². The van der Waals surface area contributed by atoms with Gasteiger partial charge in [0.05, 0.1) is 26.4 Å². The first kappa shape index (κ1) is 22.1. The van der Waals surface area contributed by atoms with E-state index >= 15 is 0 Å². The molecule has 0 bridgehead atoms. The third-order valence-corrected chi connectivity index (χ3v) is 3.48. The standard InChI is InChI=1S/C18H27N5O2.HI/c1-5-19-18(21-11-15-12-22-23(3)13-15)20-10-14(2)25-17-9-7-6-8-16(17)24-4;/h6-9,12-14H,5,10-11H2,1-4H3,(H2,19,20,21);1H. The lowest BCUT2D eigenvalue weighted by atomic mass is 10.3. The van der Waals surface area contributed by atoms with Gasteiger partial charge in [0.2, 0.25) is 0 Å². The molecule has 26 heavy (non-hydrogen) atoms. The van der Waals surface area contributed by atoms with Gasteiger partial charge < -0.3 is 20.1 Å². The van der Waals surface area contributed by atoms with E-state index in [-0.39, 0.29) is 30.1 Å². The molecule has 2 rings (SSSR count). The maximum Gasteiger partial charge on any atom is 0.191 e. The topological polar surface area (TPSA) is 72.7 Å². The number of nitrogens with zero attached hydrogens (tertiary/aromatic N) is 3. The number of nitrogens with one attached hydrogen (secondary N) is 2. The Bertz CT molecular complexity index is 690. The molecule has 0 aliphatic carbocycles. The number of hydrogen-bond donors (Lipinski definition) is 2. The zero-order chi connectivity index (χ0) is 18.1. The number of aryl methyl sites for hydroxylation is 1. The highest BCUT2D eigenvalue weighted by Gasteiger charge is 2.09. The van der Waals surface area contributed by atoms with Crippen LogP contribution in [0.2, 0.25) is 0 Å². The van der Waals surface area contributed by atoms with Gasteiger partial charge in [-0.3, -0.25) is 4.68 Å². The van der Waals surface area contributed by atoms with Crippen LogP contribution < -0.4 is 20.1 Å². The summed E-state index contributed by atoms with van der Waals surface area (Å²) in [6, 6.07) is 7.63. The van der Waals surface area contributed by atoms with E-state index in [1.165, 1.54) is 0 Å². The van der Waals surface area contributed by atoms with E-state index < -0.39 is 0 Å². The molecule has 1 unspecified atom stereocenters. The van der Waals surface area contributed by atoms with Gasteiger partial charge in [-0.15, -0.1) is 24.0 Å². The van der Waals surface area contributed by atoms with Crippen LogP contribution in [0.5, 0.6) is 11.5 Å². The zero-order valence-corrected chi connectivity index (χ0v) is 18.1. The number of para-hydroxylation sites is 2. The van der Waals surface area contributed by atoms with Gasteiger partial charge in [-0.25, -0.2) is 4.99 Å². The first-order valence-corrected chi connectivity index (χ1v) is 8.41. The summed E-state index contributed by atoms with van der Waals surface area (Å²) in [5, 5.41) is 10.7. The van der Waals surface area contributed by atoms with E-state index in [9.17, 15) is 0 Å². The molecule has 1 aromatic carbocycles. The van der Waals surface area contributed by atoms with Crippen LogP contribution in [0, 0.1) is 0 Å². The maximum absolute atomic E-state index is 5.95. The molecule has 8 heteroatoms. The average molecular weight is 473 g/mol. The van der Waals surface area contributed by atoms with Gasteiger partial charge in [-0.05, 0) is 26.0 Å². The van der Waals surface area contributed by atoms with Crippen molar-refractivity contribution in [3.05, 3.63) is 42.2 Å². The molecule has 2 aromatic rings. The molecule has 0 radical (unpaired) electrons. The first-order valence-electron chi connectivity index (χ1n) is 8.41. The smallest absolute Gasteiger partial charge is 0.191 e. The number of halogens is 1. The van der Waals surface area contributed by atoms with Gasteiger partial charge in [0.15, 0.2) is 17.5 Å². The molecule has 0 aliphatic heterocycles. The SMILES string of the molecule is CCNC(=NCc1cnn(C)c1)NCC(C)Oc1ccccc1OC.I. The van der Waals surface area contributed by atoms with Gasteiger partial charge in [0, 0.05) is 25.4 Å². The predicted octanol–water partition coefficient (Wildman–Crippen LogP) is 2.57. The lowest BCUT2D eigenvalue weighted by molar-refractivity contribution is 0.213. The van der Waals surface area contributed by atoms with Crippen molar-refractivity contribution in [2.45, 2.75) is 26.5 Å². The van der Waals surface area contributed by atoms with Crippen LogP contribution in [0.1, 0.15) is 19.4 Å². The normalized spacial score (nSPS) is 12.1. The molecule has 0 spiro atoms. The average Bonchev–Trinajstić information content (AvgIpc) is 3.03. The van der Waals surface area contributed by atoms with E-state index in [4.69, 9.17) is 9.47 Å². The lowest BCUT2D eigenvalue weighted by Gasteiger charge is -2.19. The zero-order valence-electron chi connectivity index (χ0n) is 15.7. The molecule has 0 aliphatic rings. The molecule has 0 saturated heterocycles. The molecule has 144 valence electrons. The van der Waals surface area contributed by atoms with Crippen molar-refractivity contribution in [2.24, 2.45) is 12.0 Å². The van der Waals surface area contributed by atoms with Gasteiger partial charge >= 0.3 is 0 Å². The summed E-state index contributed by atoms with van der Waals surface area (Å²) in [6.45, 7) is 6.03. The summed E-state index contributed by atoms with van der Waals surface area (Å²) in [5.41, 5.74) is 1.07. The minimum Gasteiger partial charge on any atom is -0.493 e. The fourth-order valence-electron chi connectivity index (χ4n) is 2.28. The summed E-state index contributed by atoms with van der Waals surface area (Å²) < 4.78 is 13.0. The molecular formula is C18H28IN5O2. The summed E-state index contributed by atoms with van der Waals surface area (Å²) >= 11 is 0. The minimum absolute atomic E-state index is 0. The van der Waals surface area contributed by atoms with E-state index in [2.05, 4.69) is 20.7 Å². The molecule has 0 amide bonds. The number of rotatable bonds is 8. The van der Waals surface area contributed by atoms with Gasteiger partial charge in [0.25, 0.3) is 0 Å². The second-order valence-electron chi connectivity index (χ2n) is 5.68. The van der Waals surface area contributed by atoms with Gasteiger partial charge in [-0.1, -0.05) is 12.1 Å². The van der Waals surface area contributed by atoms with E-state index in [0.29, 0.717) is 13.1 Å². The Labute approximate surface area is 172 Å². The van der Waals surface area contributed by atoms with E-state index in [1.807, 2.05) is 57.6 Å². The van der Waals surface area contributed by atoms with Crippen molar-refractivity contribution < 1.29 is 9.47 Å². The highest BCUT2D eigenvalue weighted by molar-refractivity contribution is 14.0. The van der Waals surface area contributed by atoms with Crippen molar-refractivity contribution in [2.75, 3.05) is 20.2 Å². The number of ether oxygens (including phenoxy) is 2. The lowest BCUT2D eigenvalue weighted by Crippen LogP contribution is -2.41. The monoisotopic (exact) mass is 473 g/mol. The molecule has 1 atom stereocenters. The second kappa shape index (κ2) is 11.6. The fourth-order valence-corrected chi connectivity index (χ4v) is 2.28. The summed E-state index contributed by atoms with van der Waals surface area (Å²) in [5.74, 6) is 2.21. The molecule has 0 fully saturated rings. The first-order chi connectivity index (χ1) is 12.1. The Morgan fingerprint density at radius 3 is 2.62 bits per heavy atom. The van der Waals surface area contributed by atoms with E-state index in [0.717, 1.165) is 29.6 Å². The van der Waals surface area contributed by atoms with Crippen molar-refractivity contribution in [3.8, 4) is 11.5 Å². The highest BCUT2D eigenvalue weighted by atomic mass is 127. The van der Waals surface area contributed by atoms with Gasteiger partial charge in [0.1, 0.15) is 6.10 Å². The van der Waals surface area contributed by atoms with Crippen molar-refractivity contribution in [3.63, 3.8) is 0 Å². The van der Waals surface area contributed by atoms with Crippen LogP contribution in [-0.2, 0) is 13.6 Å². The van der Waals surface area contributed by atoms with Crippen LogP contribution in [-0.4, -0.2) is 42.0 Å². The van der Waals surface area contributed by atoms with Crippen LogP contribution in [0.3, 0.4) is 0 Å². The van der Waals surface area contributed by atoms with Crippen LogP contribution >= 0.6 is 24.0 Å². The Balaban J connectivity index is 0.00000338. The van der Waals surface area contributed by atoms with Crippen molar-refractivity contribution in [1.82, 2.24) is 20.4 Å². The predicted molar refractivity (Wildman–Crippen MR) is 115 cm³/mol. The molecular weight excluding hydrogens is 445 g/mol. The summed E-state index contributed by atoms with van der Waals surface area (Å²) in [6.07, 6.45) is 3.74. The number of hydrogen-bond acceptors (Lipinski definition) is 4. The minimum atomic E-state index is -0.0430. The molecule has 1 aromatic heterocycles. The maximum atomic E-state index is 5.95. The summed E-state index contributed by atoms with van der Waals surface area (Å²) in [7, 11) is 3.53. The Kier molecular flexibility index (Phi) is 9.85. The fraction of sp³-hybridized carbons (Fsp3) is 0.444. The Hall–Kier alpha value is -1.97. The molecule has 2 N–H and O–H groups in total. The Morgan fingerprint density at radius 2 is 2.00 bits per heavy atom.